The third-order valence-corrected chi connectivity index (χ3v) is 5.25. The van der Waals surface area contributed by atoms with E-state index in [1.54, 1.807) is 0 Å². The lowest BCUT2D eigenvalue weighted by Crippen LogP contribution is -2.31. The zero-order valence-corrected chi connectivity index (χ0v) is 14.7. The summed E-state index contributed by atoms with van der Waals surface area (Å²) < 4.78 is 2.00. The van der Waals surface area contributed by atoms with Crippen LogP contribution in [0.25, 0.3) is 0 Å². The quantitative estimate of drug-likeness (QED) is 0.895. The van der Waals surface area contributed by atoms with E-state index in [2.05, 4.69) is 20.2 Å². The molecule has 1 fully saturated rings. The Kier molecular flexibility index (Phi) is 4.83. The van der Waals surface area contributed by atoms with E-state index < -0.39 is 0 Å². The maximum atomic E-state index is 12.7. The summed E-state index contributed by atoms with van der Waals surface area (Å²) in [5, 5.41) is 8.75. The first-order valence-electron chi connectivity index (χ1n) is 9.33. The normalized spacial score (nSPS) is 18.3. The lowest BCUT2D eigenvalue weighted by Gasteiger charge is -2.21. The summed E-state index contributed by atoms with van der Waals surface area (Å²) >= 11 is 0. The van der Waals surface area contributed by atoms with Crippen LogP contribution < -0.4 is 0 Å². The first-order chi connectivity index (χ1) is 12.3. The van der Waals surface area contributed by atoms with Gasteiger partial charge in [-0.25, -0.2) is 4.68 Å². The number of H-pyrrole nitrogens is 1. The van der Waals surface area contributed by atoms with Gasteiger partial charge in [0.05, 0.1) is 12.2 Å². The van der Waals surface area contributed by atoms with E-state index in [0.717, 1.165) is 62.6 Å². The maximum absolute atomic E-state index is 12.7. The monoisotopic (exact) mass is 342 g/mol. The van der Waals surface area contributed by atoms with E-state index in [1.165, 1.54) is 12.8 Å². The first kappa shape index (κ1) is 16.3. The SMILES string of the molecule is O=C(CCc1ccc[nH]1)N1CCCn2nnc(CN3CCCC3)c2C1. The molecule has 4 rings (SSSR count). The van der Waals surface area contributed by atoms with Crippen LogP contribution >= 0.6 is 0 Å². The van der Waals surface area contributed by atoms with Gasteiger partial charge in [-0.15, -0.1) is 5.10 Å². The van der Waals surface area contributed by atoms with Crippen LogP contribution in [-0.4, -0.2) is 55.3 Å². The van der Waals surface area contributed by atoms with Gasteiger partial charge < -0.3 is 9.88 Å². The topological polar surface area (TPSA) is 70.0 Å². The third-order valence-electron chi connectivity index (χ3n) is 5.25. The van der Waals surface area contributed by atoms with Crippen LogP contribution in [0.3, 0.4) is 0 Å². The van der Waals surface area contributed by atoms with Crippen molar-refractivity contribution in [2.45, 2.75) is 51.7 Å². The molecule has 25 heavy (non-hydrogen) atoms. The van der Waals surface area contributed by atoms with Crippen molar-refractivity contribution < 1.29 is 4.79 Å². The number of hydrogen-bond donors (Lipinski definition) is 1. The lowest BCUT2D eigenvalue weighted by atomic mass is 10.2. The molecule has 0 spiro atoms. The molecule has 2 aromatic rings. The molecule has 2 aromatic heterocycles. The molecule has 134 valence electrons. The lowest BCUT2D eigenvalue weighted by molar-refractivity contribution is -0.131. The van der Waals surface area contributed by atoms with E-state index in [-0.39, 0.29) is 5.91 Å². The fourth-order valence-electron chi connectivity index (χ4n) is 3.80. The smallest absolute Gasteiger partial charge is 0.223 e. The van der Waals surface area contributed by atoms with E-state index in [4.69, 9.17) is 0 Å². The molecule has 0 bridgehead atoms. The highest BCUT2D eigenvalue weighted by atomic mass is 16.2. The highest BCUT2D eigenvalue weighted by molar-refractivity contribution is 5.76. The van der Waals surface area contributed by atoms with Crippen LogP contribution in [0.15, 0.2) is 18.3 Å². The van der Waals surface area contributed by atoms with Gasteiger partial charge in [-0.05, 0) is 50.9 Å². The molecule has 0 aromatic carbocycles. The predicted octanol–water partition coefficient (Wildman–Crippen LogP) is 1.57. The highest BCUT2D eigenvalue weighted by Crippen LogP contribution is 2.19. The highest BCUT2D eigenvalue weighted by Gasteiger charge is 2.24. The average Bonchev–Trinajstić information content (AvgIpc) is 3.35. The molecule has 7 nitrogen and oxygen atoms in total. The van der Waals surface area contributed by atoms with Crippen molar-refractivity contribution in [3.8, 4) is 0 Å². The summed E-state index contributed by atoms with van der Waals surface area (Å²) in [6, 6.07) is 4.00. The molecule has 1 N–H and O–H groups in total. The fourth-order valence-corrected chi connectivity index (χ4v) is 3.80. The Balaban J connectivity index is 1.42. The number of nitrogens with one attached hydrogen (secondary N) is 1. The van der Waals surface area contributed by atoms with Crippen molar-refractivity contribution in [2.24, 2.45) is 0 Å². The van der Waals surface area contributed by atoms with Crippen molar-refractivity contribution in [3.05, 3.63) is 35.4 Å². The van der Waals surface area contributed by atoms with Gasteiger partial charge >= 0.3 is 0 Å². The van der Waals surface area contributed by atoms with Gasteiger partial charge in [-0.3, -0.25) is 9.69 Å². The molecule has 4 heterocycles. The molecule has 0 unspecified atom stereocenters. The Hall–Kier alpha value is -2.15. The number of aryl methyl sites for hydroxylation is 2. The van der Waals surface area contributed by atoms with E-state index >= 15 is 0 Å². The van der Waals surface area contributed by atoms with Crippen molar-refractivity contribution in [1.29, 1.82) is 0 Å². The number of nitrogens with zero attached hydrogens (tertiary/aromatic N) is 5. The molecule has 0 saturated carbocycles. The number of hydrogen-bond acceptors (Lipinski definition) is 4. The van der Waals surface area contributed by atoms with Crippen LogP contribution in [0.4, 0.5) is 0 Å². The number of carbonyl (C=O) groups excluding carboxylic acids is 1. The third kappa shape index (κ3) is 3.76. The second kappa shape index (κ2) is 7.39. The van der Waals surface area contributed by atoms with Crippen LogP contribution in [0.5, 0.6) is 0 Å². The molecule has 2 aliphatic heterocycles. The second-order valence-electron chi connectivity index (χ2n) is 7.05. The van der Waals surface area contributed by atoms with E-state index in [0.29, 0.717) is 13.0 Å². The summed E-state index contributed by atoms with van der Waals surface area (Å²) in [5.41, 5.74) is 3.29. The zero-order valence-electron chi connectivity index (χ0n) is 14.7. The van der Waals surface area contributed by atoms with Gasteiger partial charge in [0.25, 0.3) is 0 Å². The van der Waals surface area contributed by atoms with Gasteiger partial charge in [-0.1, -0.05) is 5.21 Å². The van der Waals surface area contributed by atoms with Crippen molar-refractivity contribution in [3.63, 3.8) is 0 Å². The number of aromatic amines is 1. The Morgan fingerprint density at radius 3 is 2.84 bits per heavy atom. The van der Waals surface area contributed by atoms with Gasteiger partial charge in [-0.2, -0.15) is 0 Å². The fraction of sp³-hybridized carbons (Fsp3) is 0.611. The largest absolute Gasteiger partial charge is 0.365 e. The van der Waals surface area contributed by atoms with Gasteiger partial charge in [0.2, 0.25) is 5.91 Å². The van der Waals surface area contributed by atoms with E-state index in [9.17, 15) is 4.79 Å². The standard InChI is InChI=1S/C18H26N6O/c25-18(7-6-15-5-3-8-19-15)23-11-4-12-24-17(14-23)16(20-21-24)13-22-9-1-2-10-22/h3,5,8,19H,1-2,4,6-7,9-14H2. The number of carbonyl (C=O) groups is 1. The Labute approximate surface area is 148 Å². The summed E-state index contributed by atoms with van der Waals surface area (Å²) in [7, 11) is 0. The van der Waals surface area contributed by atoms with E-state index in [1.807, 2.05) is 27.9 Å². The molecular formula is C18H26N6O. The van der Waals surface area contributed by atoms with Crippen molar-refractivity contribution in [2.75, 3.05) is 19.6 Å². The predicted molar refractivity (Wildman–Crippen MR) is 93.7 cm³/mol. The molecular weight excluding hydrogens is 316 g/mol. The minimum atomic E-state index is 0.219. The first-order valence-corrected chi connectivity index (χ1v) is 9.33. The number of likely N-dealkylation sites (tertiary alicyclic amines) is 1. The Morgan fingerprint density at radius 1 is 1.16 bits per heavy atom. The van der Waals surface area contributed by atoms with Crippen LogP contribution in [0.1, 0.15) is 42.8 Å². The molecule has 7 heteroatoms. The number of amides is 1. The minimum absolute atomic E-state index is 0.219. The van der Waals surface area contributed by atoms with Crippen LogP contribution in [-0.2, 0) is 30.8 Å². The number of rotatable bonds is 5. The van der Waals surface area contributed by atoms with Gasteiger partial charge in [0.1, 0.15) is 5.69 Å². The molecule has 1 amide bonds. The van der Waals surface area contributed by atoms with Gasteiger partial charge in [0, 0.05) is 37.9 Å². The zero-order chi connectivity index (χ0) is 17.1. The van der Waals surface area contributed by atoms with Crippen LogP contribution in [0, 0.1) is 0 Å². The molecule has 0 radical (unpaired) electrons. The number of aromatic nitrogens is 4. The summed E-state index contributed by atoms with van der Waals surface area (Å²) in [6.45, 7) is 5.44. The maximum Gasteiger partial charge on any atom is 0.223 e. The molecule has 1 saturated heterocycles. The summed E-state index contributed by atoms with van der Waals surface area (Å²) in [4.78, 5) is 20.3. The Morgan fingerprint density at radius 2 is 2.04 bits per heavy atom. The average molecular weight is 342 g/mol. The summed E-state index contributed by atoms with van der Waals surface area (Å²) in [6.07, 6.45) is 6.69. The Bertz CT molecular complexity index is 701. The second-order valence-corrected chi connectivity index (χ2v) is 7.05. The van der Waals surface area contributed by atoms with Crippen LogP contribution in [0.2, 0.25) is 0 Å². The molecule has 0 aliphatic carbocycles. The molecule has 0 atom stereocenters. The van der Waals surface area contributed by atoms with Crippen molar-refractivity contribution >= 4 is 5.91 Å². The summed E-state index contributed by atoms with van der Waals surface area (Å²) in [5.74, 6) is 0.219. The minimum Gasteiger partial charge on any atom is -0.365 e. The number of fused-ring (bicyclic) bond motifs is 1. The molecule has 2 aliphatic rings. The van der Waals surface area contributed by atoms with Gasteiger partial charge in [0.15, 0.2) is 0 Å². The van der Waals surface area contributed by atoms with Crippen molar-refractivity contribution in [1.82, 2.24) is 29.8 Å².